The molecule has 3 aromatic rings. The van der Waals surface area contributed by atoms with Crippen molar-refractivity contribution in [1.82, 2.24) is 9.29 Å². The van der Waals surface area contributed by atoms with Crippen molar-refractivity contribution in [2.75, 3.05) is 11.9 Å². The van der Waals surface area contributed by atoms with Crippen molar-refractivity contribution >= 4 is 33.2 Å². The molecule has 2 aromatic carbocycles. The van der Waals surface area contributed by atoms with Gasteiger partial charge in [0.1, 0.15) is 10.7 Å². The molecule has 3 rings (SSSR count). The molecule has 1 aromatic heterocycles. The van der Waals surface area contributed by atoms with Crippen molar-refractivity contribution in [2.24, 2.45) is 0 Å². The van der Waals surface area contributed by atoms with Crippen molar-refractivity contribution in [3.63, 3.8) is 0 Å². The molecule has 1 heterocycles. The molecular formula is C20H17ClFN3O3S. The molecule has 0 saturated carbocycles. The number of anilines is 1. The van der Waals surface area contributed by atoms with Crippen LogP contribution in [0.5, 0.6) is 0 Å². The van der Waals surface area contributed by atoms with Crippen LogP contribution in [0.4, 0.5) is 10.1 Å². The van der Waals surface area contributed by atoms with Crippen LogP contribution in [0, 0.1) is 5.82 Å². The Morgan fingerprint density at radius 2 is 1.79 bits per heavy atom. The third-order valence-electron chi connectivity index (χ3n) is 4.01. The molecule has 9 heteroatoms. The Balaban J connectivity index is 1.87. The first-order chi connectivity index (χ1) is 13.9. The average Bonchev–Trinajstić information content (AvgIpc) is 2.71. The number of nitrogens with zero attached hydrogens (tertiary/aromatic N) is 2. The molecule has 0 saturated heterocycles. The number of benzene rings is 2. The number of aromatic nitrogens is 1. The Bertz CT molecular complexity index is 1090. The maximum atomic E-state index is 13.8. The smallest absolute Gasteiger partial charge is 0.245 e. The number of rotatable bonds is 7. The van der Waals surface area contributed by atoms with Crippen LogP contribution in [0.2, 0.25) is 5.02 Å². The van der Waals surface area contributed by atoms with Gasteiger partial charge in [0.15, 0.2) is 0 Å². The fourth-order valence-electron chi connectivity index (χ4n) is 2.58. The lowest BCUT2D eigenvalue weighted by atomic mass is 10.2. The Hall–Kier alpha value is -2.81. The summed E-state index contributed by atoms with van der Waals surface area (Å²) < 4.78 is 40.9. The number of para-hydroxylation sites is 1. The van der Waals surface area contributed by atoms with Gasteiger partial charge in [-0.1, -0.05) is 35.9 Å². The number of sulfonamides is 1. The minimum Gasteiger partial charge on any atom is -0.322 e. The molecule has 0 spiro atoms. The standard InChI is InChI=1S/C20H17ClFN3O3S/c21-16-9-7-15(8-10-16)13-25(29(27,28)17-4-3-11-23-12-17)14-20(26)24-19-6-2-1-5-18(19)22/h1-12H,13-14H2,(H,24,26). The van der Waals surface area contributed by atoms with Crippen LogP contribution in [0.1, 0.15) is 5.56 Å². The number of hydrogen-bond donors (Lipinski definition) is 1. The molecule has 0 radical (unpaired) electrons. The molecule has 0 unspecified atom stereocenters. The molecule has 150 valence electrons. The van der Waals surface area contributed by atoms with E-state index in [1.807, 2.05) is 0 Å². The molecule has 0 aliphatic heterocycles. The molecule has 1 amide bonds. The van der Waals surface area contributed by atoms with E-state index in [2.05, 4.69) is 10.3 Å². The number of hydrogen-bond acceptors (Lipinski definition) is 4. The number of nitrogens with one attached hydrogen (secondary N) is 1. The summed E-state index contributed by atoms with van der Waals surface area (Å²) >= 11 is 5.88. The lowest BCUT2D eigenvalue weighted by Gasteiger charge is -2.22. The summed E-state index contributed by atoms with van der Waals surface area (Å²) in [6.07, 6.45) is 2.66. The minimum absolute atomic E-state index is 0.0253. The summed E-state index contributed by atoms with van der Waals surface area (Å²) in [7, 11) is -4.02. The second kappa shape index (κ2) is 9.13. The molecule has 0 aliphatic carbocycles. The SMILES string of the molecule is O=C(CN(Cc1ccc(Cl)cc1)S(=O)(=O)c1cccnc1)Nc1ccccc1F. The summed E-state index contributed by atoms with van der Waals surface area (Å²) in [6.45, 7) is -0.576. The average molecular weight is 434 g/mol. The molecule has 0 atom stereocenters. The summed E-state index contributed by atoms with van der Waals surface area (Å²) in [5.41, 5.74) is 0.614. The van der Waals surface area contributed by atoms with Crippen LogP contribution in [-0.2, 0) is 21.4 Å². The summed E-state index contributed by atoms with van der Waals surface area (Å²) in [5.74, 6) is -1.28. The first-order valence-electron chi connectivity index (χ1n) is 8.55. The van der Waals surface area contributed by atoms with Gasteiger partial charge in [-0.05, 0) is 42.0 Å². The normalized spacial score (nSPS) is 11.4. The summed E-state index contributed by atoms with van der Waals surface area (Å²) in [5, 5.41) is 2.91. The molecule has 6 nitrogen and oxygen atoms in total. The van der Waals surface area contributed by atoms with Gasteiger partial charge in [0, 0.05) is 24.0 Å². The highest BCUT2D eigenvalue weighted by molar-refractivity contribution is 7.89. The van der Waals surface area contributed by atoms with E-state index in [9.17, 15) is 17.6 Å². The largest absolute Gasteiger partial charge is 0.322 e. The van der Waals surface area contributed by atoms with E-state index >= 15 is 0 Å². The van der Waals surface area contributed by atoms with Crippen LogP contribution in [0.3, 0.4) is 0 Å². The zero-order valence-electron chi connectivity index (χ0n) is 15.1. The van der Waals surface area contributed by atoms with E-state index in [1.54, 1.807) is 30.3 Å². The van der Waals surface area contributed by atoms with Crippen molar-refractivity contribution < 1.29 is 17.6 Å². The monoisotopic (exact) mass is 433 g/mol. The molecule has 0 bridgehead atoms. The van der Waals surface area contributed by atoms with Crippen molar-refractivity contribution in [2.45, 2.75) is 11.4 Å². The van der Waals surface area contributed by atoms with E-state index in [1.165, 1.54) is 42.7 Å². The zero-order chi connectivity index (χ0) is 20.9. The van der Waals surface area contributed by atoms with Crippen LogP contribution in [-0.4, -0.2) is 30.2 Å². The van der Waals surface area contributed by atoms with Gasteiger partial charge in [-0.25, -0.2) is 12.8 Å². The highest BCUT2D eigenvalue weighted by Gasteiger charge is 2.27. The van der Waals surface area contributed by atoms with Gasteiger partial charge in [-0.3, -0.25) is 9.78 Å². The van der Waals surface area contributed by atoms with Crippen LogP contribution in [0.25, 0.3) is 0 Å². The van der Waals surface area contributed by atoms with Gasteiger partial charge >= 0.3 is 0 Å². The number of amides is 1. The minimum atomic E-state index is -4.02. The van der Waals surface area contributed by atoms with E-state index in [4.69, 9.17) is 11.6 Å². The highest BCUT2D eigenvalue weighted by Crippen LogP contribution is 2.19. The predicted octanol–water partition coefficient (Wildman–Crippen LogP) is 3.70. The van der Waals surface area contributed by atoms with Gasteiger partial charge in [-0.2, -0.15) is 4.31 Å². The third-order valence-corrected chi connectivity index (χ3v) is 6.04. The fraction of sp³-hybridized carbons (Fsp3) is 0.100. The lowest BCUT2D eigenvalue weighted by molar-refractivity contribution is -0.116. The van der Waals surface area contributed by atoms with E-state index in [0.29, 0.717) is 10.6 Å². The van der Waals surface area contributed by atoms with Gasteiger partial charge < -0.3 is 5.32 Å². The summed E-state index contributed by atoms with van der Waals surface area (Å²) in [6, 6.07) is 15.1. The fourth-order valence-corrected chi connectivity index (χ4v) is 4.06. The van der Waals surface area contributed by atoms with E-state index in [0.717, 1.165) is 4.31 Å². The van der Waals surface area contributed by atoms with Crippen molar-refractivity contribution in [1.29, 1.82) is 0 Å². The van der Waals surface area contributed by atoms with Gasteiger partial charge in [0.2, 0.25) is 15.9 Å². The summed E-state index contributed by atoms with van der Waals surface area (Å²) in [4.78, 5) is 16.3. The number of carbonyl (C=O) groups is 1. The quantitative estimate of drug-likeness (QED) is 0.616. The molecule has 0 fully saturated rings. The Kier molecular flexibility index (Phi) is 6.58. The molecule has 29 heavy (non-hydrogen) atoms. The first kappa shape index (κ1) is 20.9. The van der Waals surface area contributed by atoms with Gasteiger partial charge in [-0.15, -0.1) is 0 Å². The van der Waals surface area contributed by atoms with Crippen molar-refractivity contribution in [3.8, 4) is 0 Å². The molecular weight excluding hydrogens is 417 g/mol. The number of pyridine rings is 1. The second-order valence-electron chi connectivity index (χ2n) is 6.12. The Labute approximate surface area is 173 Å². The van der Waals surface area contributed by atoms with Crippen LogP contribution in [0.15, 0.2) is 78.0 Å². The number of carbonyl (C=O) groups excluding carboxylic acids is 1. The maximum Gasteiger partial charge on any atom is 0.245 e. The first-order valence-corrected chi connectivity index (χ1v) is 10.4. The second-order valence-corrected chi connectivity index (χ2v) is 8.49. The third kappa shape index (κ3) is 5.38. The van der Waals surface area contributed by atoms with Crippen LogP contribution < -0.4 is 5.32 Å². The number of halogens is 2. The lowest BCUT2D eigenvalue weighted by Crippen LogP contribution is -2.37. The molecule has 0 aliphatic rings. The zero-order valence-corrected chi connectivity index (χ0v) is 16.7. The van der Waals surface area contributed by atoms with Gasteiger partial charge in [0.25, 0.3) is 0 Å². The Morgan fingerprint density at radius 1 is 1.07 bits per heavy atom. The van der Waals surface area contributed by atoms with E-state index in [-0.39, 0.29) is 17.1 Å². The highest BCUT2D eigenvalue weighted by atomic mass is 35.5. The predicted molar refractivity (Wildman–Crippen MR) is 108 cm³/mol. The Morgan fingerprint density at radius 3 is 2.45 bits per heavy atom. The maximum absolute atomic E-state index is 13.8. The molecule has 1 N–H and O–H groups in total. The van der Waals surface area contributed by atoms with Crippen molar-refractivity contribution in [3.05, 3.63) is 89.5 Å². The van der Waals surface area contributed by atoms with E-state index < -0.39 is 28.3 Å². The van der Waals surface area contributed by atoms with Gasteiger partial charge in [0.05, 0.1) is 12.2 Å². The van der Waals surface area contributed by atoms with Crippen LogP contribution >= 0.6 is 11.6 Å². The topological polar surface area (TPSA) is 79.4 Å².